The third-order valence-electron chi connectivity index (χ3n) is 3.53. The lowest BCUT2D eigenvalue weighted by Gasteiger charge is -2.11. The summed E-state index contributed by atoms with van der Waals surface area (Å²) >= 11 is 5.86. The molecule has 3 rings (SSSR count). The average molecular weight is 381 g/mol. The predicted octanol–water partition coefficient (Wildman–Crippen LogP) is 5.20. The molecule has 0 aliphatic carbocycles. The zero-order chi connectivity index (χ0) is 18.7. The van der Waals surface area contributed by atoms with Crippen molar-refractivity contribution >= 4 is 23.2 Å². The van der Waals surface area contributed by atoms with E-state index in [1.807, 2.05) is 30.3 Å². The highest BCUT2D eigenvalue weighted by Gasteiger charge is 2.31. The molecule has 0 atom stereocenters. The SMILES string of the molecule is O=C(Cc1cc(-c2ccccc2)on1)Nc1cc(C(F)(F)F)ccc1Cl. The molecule has 0 radical (unpaired) electrons. The van der Waals surface area contributed by atoms with E-state index in [1.165, 1.54) is 0 Å². The zero-order valence-electron chi connectivity index (χ0n) is 13.2. The van der Waals surface area contributed by atoms with Crippen LogP contribution >= 0.6 is 11.6 Å². The average Bonchev–Trinajstić information content (AvgIpc) is 3.05. The van der Waals surface area contributed by atoms with Gasteiger partial charge in [0.25, 0.3) is 0 Å². The molecule has 0 saturated carbocycles. The molecular weight excluding hydrogens is 369 g/mol. The Morgan fingerprint density at radius 2 is 1.85 bits per heavy atom. The molecule has 8 heteroatoms. The third-order valence-corrected chi connectivity index (χ3v) is 3.86. The maximum atomic E-state index is 12.8. The number of nitrogens with one attached hydrogen (secondary N) is 1. The van der Waals surface area contributed by atoms with Crippen LogP contribution in [0.3, 0.4) is 0 Å². The number of aromatic nitrogens is 1. The van der Waals surface area contributed by atoms with E-state index in [0.717, 1.165) is 23.8 Å². The molecule has 0 saturated heterocycles. The number of hydrogen-bond donors (Lipinski definition) is 1. The molecule has 4 nitrogen and oxygen atoms in total. The highest BCUT2D eigenvalue weighted by atomic mass is 35.5. The van der Waals surface area contributed by atoms with Crippen molar-refractivity contribution in [1.29, 1.82) is 0 Å². The minimum absolute atomic E-state index is 0.0106. The molecule has 0 fully saturated rings. The third kappa shape index (κ3) is 4.23. The fourth-order valence-corrected chi connectivity index (χ4v) is 2.45. The van der Waals surface area contributed by atoms with E-state index in [2.05, 4.69) is 10.5 Å². The summed E-state index contributed by atoms with van der Waals surface area (Å²) in [5.41, 5.74) is 0.139. The van der Waals surface area contributed by atoms with Crippen molar-refractivity contribution in [3.63, 3.8) is 0 Å². The highest BCUT2D eigenvalue weighted by molar-refractivity contribution is 6.33. The van der Waals surface area contributed by atoms with Gasteiger partial charge in [0.05, 0.1) is 28.4 Å². The number of halogens is 4. The van der Waals surface area contributed by atoms with E-state index in [9.17, 15) is 18.0 Å². The lowest BCUT2D eigenvalue weighted by molar-refractivity contribution is -0.137. The number of carbonyl (C=O) groups excluding carboxylic acids is 1. The van der Waals surface area contributed by atoms with Crippen molar-refractivity contribution < 1.29 is 22.5 Å². The summed E-state index contributed by atoms with van der Waals surface area (Å²) in [6, 6.07) is 13.5. The molecule has 0 aliphatic rings. The second-order valence-electron chi connectivity index (χ2n) is 5.47. The zero-order valence-corrected chi connectivity index (χ0v) is 13.9. The van der Waals surface area contributed by atoms with Crippen LogP contribution in [-0.2, 0) is 17.4 Å². The van der Waals surface area contributed by atoms with E-state index in [1.54, 1.807) is 6.07 Å². The molecule has 1 amide bonds. The van der Waals surface area contributed by atoms with E-state index in [0.29, 0.717) is 11.5 Å². The van der Waals surface area contributed by atoms with Gasteiger partial charge < -0.3 is 9.84 Å². The number of nitrogens with zero attached hydrogens (tertiary/aromatic N) is 1. The van der Waals surface area contributed by atoms with E-state index >= 15 is 0 Å². The molecule has 134 valence electrons. The van der Waals surface area contributed by atoms with Gasteiger partial charge in [0.1, 0.15) is 0 Å². The van der Waals surface area contributed by atoms with Crippen molar-refractivity contribution in [3.05, 3.63) is 70.9 Å². The van der Waals surface area contributed by atoms with Crippen molar-refractivity contribution in [3.8, 4) is 11.3 Å². The van der Waals surface area contributed by atoms with Crippen LogP contribution in [0.1, 0.15) is 11.3 Å². The first kappa shape index (κ1) is 18.0. The Bertz CT molecular complexity index is 924. The summed E-state index contributed by atoms with van der Waals surface area (Å²) in [7, 11) is 0. The fraction of sp³-hybridized carbons (Fsp3) is 0.111. The summed E-state index contributed by atoms with van der Waals surface area (Å²) in [5, 5.41) is 6.18. The van der Waals surface area contributed by atoms with Crippen molar-refractivity contribution in [2.75, 3.05) is 5.32 Å². The van der Waals surface area contributed by atoms with Gasteiger partial charge in [0, 0.05) is 11.6 Å². The number of amides is 1. The van der Waals surface area contributed by atoms with Crippen LogP contribution in [-0.4, -0.2) is 11.1 Å². The lowest BCUT2D eigenvalue weighted by atomic mass is 10.1. The minimum atomic E-state index is -4.53. The van der Waals surface area contributed by atoms with Crippen LogP contribution in [0.25, 0.3) is 11.3 Å². The van der Waals surface area contributed by atoms with Crippen LogP contribution in [0, 0.1) is 0 Å². The Kier molecular flexibility index (Phi) is 4.99. The van der Waals surface area contributed by atoms with Gasteiger partial charge in [-0.15, -0.1) is 0 Å². The molecule has 0 bridgehead atoms. The van der Waals surface area contributed by atoms with Crippen LogP contribution in [0.5, 0.6) is 0 Å². The Morgan fingerprint density at radius 1 is 1.12 bits per heavy atom. The number of rotatable bonds is 4. The molecule has 26 heavy (non-hydrogen) atoms. The molecule has 1 N–H and O–H groups in total. The standard InChI is InChI=1S/C18H12ClF3N2O2/c19-14-7-6-12(18(20,21)22)8-15(14)23-17(25)10-13-9-16(26-24-13)11-4-2-1-3-5-11/h1-9H,10H2,(H,23,25). The summed E-state index contributed by atoms with van der Waals surface area (Å²) in [6.07, 6.45) is -4.69. The van der Waals surface area contributed by atoms with Gasteiger partial charge in [0.15, 0.2) is 5.76 Å². The molecule has 0 unspecified atom stereocenters. The van der Waals surface area contributed by atoms with Gasteiger partial charge in [-0.1, -0.05) is 47.1 Å². The first-order chi connectivity index (χ1) is 12.3. The maximum Gasteiger partial charge on any atom is 0.416 e. The van der Waals surface area contributed by atoms with E-state index in [-0.39, 0.29) is 17.1 Å². The van der Waals surface area contributed by atoms with Gasteiger partial charge >= 0.3 is 6.18 Å². The number of alkyl halides is 3. The smallest absolute Gasteiger partial charge is 0.356 e. The maximum absolute atomic E-state index is 12.8. The van der Waals surface area contributed by atoms with Crippen LogP contribution in [0.4, 0.5) is 18.9 Å². The van der Waals surface area contributed by atoms with Crippen LogP contribution in [0.2, 0.25) is 5.02 Å². The quantitative estimate of drug-likeness (QED) is 0.677. The van der Waals surface area contributed by atoms with E-state index < -0.39 is 17.6 Å². The van der Waals surface area contributed by atoms with Crippen LogP contribution in [0.15, 0.2) is 59.1 Å². The molecular formula is C18H12ClF3N2O2. The molecule has 1 heterocycles. The van der Waals surface area contributed by atoms with Crippen molar-refractivity contribution in [2.45, 2.75) is 12.6 Å². The Balaban J connectivity index is 1.71. The number of benzene rings is 2. The molecule has 1 aromatic heterocycles. The number of carbonyl (C=O) groups is 1. The lowest BCUT2D eigenvalue weighted by Crippen LogP contribution is -2.15. The summed E-state index contributed by atoms with van der Waals surface area (Å²) in [4.78, 5) is 12.1. The largest absolute Gasteiger partial charge is 0.416 e. The Hall–Kier alpha value is -2.80. The van der Waals surface area contributed by atoms with Gasteiger partial charge in [-0.25, -0.2) is 0 Å². The number of anilines is 1. The second kappa shape index (κ2) is 7.21. The molecule has 2 aromatic carbocycles. The first-order valence-corrected chi connectivity index (χ1v) is 7.88. The second-order valence-corrected chi connectivity index (χ2v) is 5.87. The van der Waals surface area contributed by atoms with Crippen molar-refractivity contribution in [1.82, 2.24) is 5.16 Å². The van der Waals surface area contributed by atoms with Gasteiger partial charge in [-0.05, 0) is 18.2 Å². The predicted molar refractivity (Wildman–Crippen MR) is 90.7 cm³/mol. The molecule has 3 aromatic rings. The highest BCUT2D eigenvalue weighted by Crippen LogP contribution is 2.33. The summed E-state index contributed by atoms with van der Waals surface area (Å²) in [6.45, 7) is 0. The fourth-order valence-electron chi connectivity index (χ4n) is 2.29. The topological polar surface area (TPSA) is 55.1 Å². The molecule has 0 spiro atoms. The monoisotopic (exact) mass is 380 g/mol. The van der Waals surface area contributed by atoms with Crippen molar-refractivity contribution in [2.24, 2.45) is 0 Å². The Labute approximate surface area is 151 Å². The van der Waals surface area contributed by atoms with Gasteiger partial charge in [-0.2, -0.15) is 13.2 Å². The normalized spacial score (nSPS) is 11.4. The van der Waals surface area contributed by atoms with E-state index in [4.69, 9.17) is 16.1 Å². The first-order valence-electron chi connectivity index (χ1n) is 7.50. The molecule has 0 aliphatic heterocycles. The van der Waals surface area contributed by atoms with Gasteiger partial charge in [-0.3, -0.25) is 4.79 Å². The minimum Gasteiger partial charge on any atom is -0.356 e. The van der Waals surface area contributed by atoms with Crippen LogP contribution < -0.4 is 5.32 Å². The summed E-state index contributed by atoms with van der Waals surface area (Å²) < 4.78 is 43.5. The Morgan fingerprint density at radius 3 is 2.54 bits per heavy atom. The van der Waals surface area contributed by atoms with Gasteiger partial charge in [0.2, 0.25) is 5.91 Å². The number of hydrogen-bond acceptors (Lipinski definition) is 3. The summed E-state index contributed by atoms with van der Waals surface area (Å²) in [5.74, 6) is -0.0652.